The molecule has 0 aliphatic heterocycles. The third-order valence-corrected chi connectivity index (χ3v) is 3.49. The number of hydrogen-bond acceptors (Lipinski definition) is 1. The van der Waals surface area contributed by atoms with Gasteiger partial charge in [-0.05, 0) is 24.6 Å². The summed E-state index contributed by atoms with van der Waals surface area (Å²) in [5.74, 6) is 0. The second-order valence-electron chi connectivity index (χ2n) is 3.43. The first kappa shape index (κ1) is 11.0. The van der Waals surface area contributed by atoms with Crippen LogP contribution in [0.25, 0.3) is 4.91 Å². The Kier molecular flexibility index (Phi) is 3.84. The lowest BCUT2D eigenvalue weighted by Crippen LogP contribution is -1.79. The highest BCUT2D eigenvalue weighted by Gasteiger charge is 2.01. The first-order chi connectivity index (χ1) is 7.90. The predicted octanol–water partition coefficient (Wildman–Crippen LogP) is 4.84. The molecule has 0 spiro atoms. The van der Waals surface area contributed by atoms with Gasteiger partial charge in [-0.2, -0.15) is 0 Å². The highest BCUT2D eigenvalue weighted by molar-refractivity contribution is 8.08. The summed E-state index contributed by atoms with van der Waals surface area (Å²) < 4.78 is 0. The summed E-state index contributed by atoms with van der Waals surface area (Å²) in [6, 6.07) is 20.9. The van der Waals surface area contributed by atoms with Crippen LogP contribution in [0.5, 0.6) is 0 Å². The largest absolute Gasteiger partial charge is 0.0898 e. The van der Waals surface area contributed by atoms with E-state index in [1.807, 2.05) is 12.1 Å². The molecule has 0 saturated heterocycles. The lowest BCUT2D eigenvalue weighted by Gasteiger charge is -2.06. The van der Waals surface area contributed by atoms with Gasteiger partial charge >= 0.3 is 0 Å². The molecule has 0 fully saturated rings. The van der Waals surface area contributed by atoms with E-state index in [4.69, 9.17) is 0 Å². The van der Waals surface area contributed by atoms with E-state index in [1.54, 1.807) is 11.8 Å². The van der Waals surface area contributed by atoms with E-state index in [0.717, 1.165) is 0 Å². The van der Waals surface area contributed by atoms with Crippen LogP contribution < -0.4 is 0 Å². The van der Waals surface area contributed by atoms with Crippen molar-refractivity contribution in [3.05, 3.63) is 72.3 Å². The fourth-order valence-corrected chi connectivity index (χ4v) is 2.42. The van der Waals surface area contributed by atoms with Gasteiger partial charge in [0.25, 0.3) is 0 Å². The minimum Gasteiger partial charge on any atom is -0.0898 e. The summed E-state index contributed by atoms with van der Waals surface area (Å²) in [5, 5.41) is 0. The second kappa shape index (κ2) is 5.57. The summed E-state index contributed by atoms with van der Waals surface area (Å²) in [6.07, 6.45) is 2.16. The van der Waals surface area contributed by atoms with Crippen LogP contribution in [0.4, 0.5) is 0 Å². The molecule has 0 aromatic heterocycles. The molecular weight excluding hydrogens is 212 g/mol. The van der Waals surface area contributed by atoms with Crippen LogP contribution in [0, 0.1) is 0 Å². The Hall–Kier alpha value is -1.47. The van der Waals surface area contributed by atoms with Gasteiger partial charge < -0.3 is 0 Å². The number of hydrogen-bond donors (Lipinski definition) is 0. The van der Waals surface area contributed by atoms with Crippen molar-refractivity contribution >= 4 is 16.7 Å². The maximum Gasteiger partial charge on any atom is 0.0152 e. The van der Waals surface area contributed by atoms with Crippen LogP contribution in [0.15, 0.2) is 71.6 Å². The van der Waals surface area contributed by atoms with Crippen LogP contribution in [0.2, 0.25) is 0 Å². The molecule has 0 heterocycles. The summed E-state index contributed by atoms with van der Waals surface area (Å²) in [5.41, 5.74) is 1.28. The summed E-state index contributed by atoms with van der Waals surface area (Å²) in [4.78, 5) is 2.58. The molecule has 2 aromatic carbocycles. The van der Waals surface area contributed by atoms with Crippen molar-refractivity contribution in [3.8, 4) is 0 Å². The van der Waals surface area contributed by atoms with Crippen molar-refractivity contribution in [2.24, 2.45) is 0 Å². The molecule has 0 radical (unpaired) electrons. The van der Waals surface area contributed by atoms with Crippen LogP contribution in [-0.4, -0.2) is 0 Å². The molecule has 1 heteroatoms. The van der Waals surface area contributed by atoms with E-state index in [-0.39, 0.29) is 0 Å². The zero-order chi connectivity index (χ0) is 11.2. The number of rotatable bonds is 3. The van der Waals surface area contributed by atoms with Gasteiger partial charge in [-0.3, -0.25) is 0 Å². The highest BCUT2D eigenvalue weighted by atomic mass is 32.2. The molecule has 2 aromatic rings. The van der Waals surface area contributed by atoms with Gasteiger partial charge in [-0.1, -0.05) is 66.4 Å². The lowest BCUT2D eigenvalue weighted by atomic mass is 10.2. The van der Waals surface area contributed by atoms with Gasteiger partial charge in [-0.25, -0.2) is 0 Å². The zero-order valence-electron chi connectivity index (χ0n) is 9.26. The molecule has 0 aliphatic carbocycles. The first-order valence-electron chi connectivity index (χ1n) is 5.35. The van der Waals surface area contributed by atoms with Crippen molar-refractivity contribution < 1.29 is 0 Å². The number of allylic oxidation sites excluding steroid dienone is 1. The molecule has 16 heavy (non-hydrogen) atoms. The molecule has 0 nitrogen and oxygen atoms in total. The Morgan fingerprint density at radius 3 is 2.00 bits per heavy atom. The van der Waals surface area contributed by atoms with Crippen molar-refractivity contribution in [1.29, 1.82) is 0 Å². The van der Waals surface area contributed by atoms with Gasteiger partial charge in [0.1, 0.15) is 0 Å². The van der Waals surface area contributed by atoms with Gasteiger partial charge in [0, 0.05) is 9.80 Å². The Bertz CT molecular complexity index is 457. The lowest BCUT2D eigenvalue weighted by molar-refractivity contribution is 1.47. The van der Waals surface area contributed by atoms with Crippen molar-refractivity contribution in [1.82, 2.24) is 0 Å². The van der Waals surface area contributed by atoms with Crippen LogP contribution in [-0.2, 0) is 0 Å². The third kappa shape index (κ3) is 2.77. The fourth-order valence-electron chi connectivity index (χ4n) is 1.50. The quantitative estimate of drug-likeness (QED) is 0.675. The van der Waals surface area contributed by atoms with Gasteiger partial charge in [0.05, 0.1) is 0 Å². The van der Waals surface area contributed by atoms with Crippen molar-refractivity contribution in [3.63, 3.8) is 0 Å². The molecule has 0 saturated carbocycles. The Labute approximate surface area is 101 Å². The molecule has 80 valence electrons. The topological polar surface area (TPSA) is 0 Å². The molecule has 0 atom stereocenters. The Balaban J connectivity index is 2.20. The zero-order valence-corrected chi connectivity index (χ0v) is 10.1. The van der Waals surface area contributed by atoms with E-state index >= 15 is 0 Å². The third-order valence-electron chi connectivity index (χ3n) is 2.29. The Morgan fingerprint density at radius 1 is 0.875 bits per heavy atom. The predicted molar refractivity (Wildman–Crippen MR) is 72.4 cm³/mol. The Morgan fingerprint density at radius 2 is 1.44 bits per heavy atom. The fraction of sp³-hybridized carbons (Fsp3) is 0.0667. The smallest absolute Gasteiger partial charge is 0.0152 e. The normalized spacial score (nSPS) is 11.4. The van der Waals surface area contributed by atoms with E-state index in [9.17, 15) is 0 Å². The minimum absolute atomic E-state index is 1.28. The highest BCUT2D eigenvalue weighted by Crippen LogP contribution is 2.33. The summed E-state index contributed by atoms with van der Waals surface area (Å²) in [6.45, 7) is 2.08. The van der Waals surface area contributed by atoms with E-state index in [1.165, 1.54) is 15.4 Å². The maximum atomic E-state index is 2.16. The van der Waals surface area contributed by atoms with Crippen molar-refractivity contribution in [2.45, 2.75) is 11.8 Å². The molecular formula is C15H14S. The minimum atomic E-state index is 1.28. The molecule has 0 aliphatic rings. The molecule has 0 bridgehead atoms. The van der Waals surface area contributed by atoms with E-state index in [2.05, 4.69) is 61.5 Å². The van der Waals surface area contributed by atoms with Crippen molar-refractivity contribution in [2.75, 3.05) is 0 Å². The SMILES string of the molecule is CC=C(Sc1ccccc1)c1ccccc1. The molecule has 0 N–H and O–H groups in total. The van der Waals surface area contributed by atoms with E-state index in [0.29, 0.717) is 0 Å². The first-order valence-corrected chi connectivity index (χ1v) is 6.16. The average Bonchev–Trinajstić information content (AvgIpc) is 2.38. The average molecular weight is 226 g/mol. The molecule has 2 rings (SSSR count). The molecule has 0 amide bonds. The van der Waals surface area contributed by atoms with Gasteiger partial charge in [0.2, 0.25) is 0 Å². The monoisotopic (exact) mass is 226 g/mol. The van der Waals surface area contributed by atoms with Gasteiger partial charge in [-0.15, -0.1) is 0 Å². The second-order valence-corrected chi connectivity index (χ2v) is 4.55. The maximum absolute atomic E-state index is 2.16. The van der Waals surface area contributed by atoms with Gasteiger partial charge in [0.15, 0.2) is 0 Å². The standard InChI is InChI=1S/C15H14S/c1-2-15(13-9-5-3-6-10-13)16-14-11-7-4-8-12-14/h2-12H,1H3. The number of thioether (sulfide) groups is 1. The number of benzene rings is 2. The molecule has 0 unspecified atom stereocenters. The van der Waals surface area contributed by atoms with Crippen LogP contribution in [0.1, 0.15) is 12.5 Å². The summed E-state index contributed by atoms with van der Waals surface area (Å²) in [7, 11) is 0. The van der Waals surface area contributed by atoms with Crippen LogP contribution in [0.3, 0.4) is 0 Å². The summed E-state index contributed by atoms with van der Waals surface area (Å²) >= 11 is 1.80. The van der Waals surface area contributed by atoms with Crippen LogP contribution >= 0.6 is 11.8 Å². The van der Waals surface area contributed by atoms with E-state index < -0.39 is 0 Å².